The quantitative estimate of drug-likeness (QED) is 0.151. The number of para-hydroxylation sites is 1. The number of ether oxygens (including phenoxy) is 1. The molecule has 5 aromatic rings. The predicted molar refractivity (Wildman–Crippen MR) is 159 cm³/mol. The fourth-order valence-electron chi connectivity index (χ4n) is 3.93. The van der Waals surface area contributed by atoms with Crippen LogP contribution in [-0.4, -0.2) is 17.1 Å². The average Bonchev–Trinajstić information content (AvgIpc) is 2.93. The molecule has 0 aliphatic carbocycles. The third kappa shape index (κ3) is 6.35. The molecule has 0 aliphatic heterocycles. The van der Waals surface area contributed by atoms with Gasteiger partial charge in [0.25, 0.3) is 5.91 Å². The number of rotatable bonds is 7. The second-order valence-electron chi connectivity index (χ2n) is 8.48. The first-order valence-electron chi connectivity index (χ1n) is 11.7. The molecule has 194 valence electrons. The number of carbonyl (C=O) groups excluding carboxylic acids is 1. The summed E-state index contributed by atoms with van der Waals surface area (Å²) in [4.78, 5) is 17.9. The molecule has 0 unspecified atom stereocenters. The van der Waals surface area contributed by atoms with Gasteiger partial charge in [-0.05, 0) is 42.0 Å². The summed E-state index contributed by atoms with van der Waals surface area (Å²) in [5, 5.41) is 6.42. The Hall–Kier alpha value is -3.61. The molecule has 0 bridgehead atoms. The molecular weight excluding hydrogens is 576 g/mol. The number of amides is 1. The van der Waals surface area contributed by atoms with Gasteiger partial charge in [-0.1, -0.05) is 101 Å². The van der Waals surface area contributed by atoms with Crippen LogP contribution < -0.4 is 10.2 Å². The summed E-state index contributed by atoms with van der Waals surface area (Å²) >= 11 is 25.0. The summed E-state index contributed by atoms with van der Waals surface area (Å²) in [6.45, 7) is 0.157. The highest BCUT2D eigenvalue weighted by Gasteiger charge is 2.14. The lowest BCUT2D eigenvalue weighted by molar-refractivity contribution is 0.0956. The highest BCUT2D eigenvalue weighted by molar-refractivity contribution is 6.37. The fourth-order valence-corrected chi connectivity index (χ4v) is 5.00. The number of pyridine rings is 1. The van der Waals surface area contributed by atoms with Crippen molar-refractivity contribution in [3.8, 4) is 17.0 Å². The van der Waals surface area contributed by atoms with E-state index < -0.39 is 0 Å². The summed E-state index contributed by atoms with van der Waals surface area (Å²) in [5.74, 6) is -0.0683. The van der Waals surface area contributed by atoms with Crippen LogP contribution in [0.25, 0.3) is 22.2 Å². The Balaban J connectivity index is 1.33. The van der Waals surface area contributed by atoms with E-state index >= 15 is 0 Å². The largest absolute Gasteiger partial charge is 0.486 e. The molecule has 0 radical (unpaired) electrons. The Bertz CT molecular complexity index is 1690. The summed E-state index contributed by atoms with van der Waals surface area (Å²) in [6.07, 6.45) is 1.46. The number of nitrogens with one attached hydrogen (secondary N) is 1. The second-order valence-corrected chi connectivity index (χ2v) is 10.1. The van der Waals surface area contributed by atoms with Crippen molar-refractivity contribution in [2.75, 3.05) is 0 Å². The molecule has 1 N–H and O–H groups in total. The minimum Gasteiger partial charge on any atom is -0.486 e. The van der Waals surface area contributed by atoms with Gasteiger partial charge in [-0.2, -0.15) is 5.10 Å². The molecule has 0 aliphatic rings. The minimum atomic E-state index is -0.376. The topological polar surface area (TPSA) is 63.6 Å². The molecule has 5 nitrogen and oxygen atoms in total. The van der Waals surface area contributed by atoms with E-state index in [0.29, 0.717) is 38.1 Å². The minimum absolute atomic E-state index is 0.157. The van der Waals surface area contributed by atoms with E-state index in [0.717, 1.165) is 16.5 Å². The predicted octanol–water partition coefficient (Wildman–Crippen LogP) is 8.86. The van der Waals surface area contributed by atoms with Gasteiger partial charge in [0.05, 0.1) is 33.0 Å². The van der Waals surface area contributed by atoms with Gasteiger partial charge in [0.1, 0.15) is 6.61 Å². The Morgan fingerprint density at radius 1 is 0.846 bits per heavy atom. The molecular formula is C30H19Cl4N3O2. The Kier molecular flexibility index (Phi) is 8.34. The first-order valence-corrected chi connectivity index (χ1v) is 13.2. The SMILES string of the molecule is O=C(N/N=C/c1cc(Cl)c(OCc2ccc(Cl)cc2Cl)c(Cl)c1)c1cc(-c2ccccc2)nc2ccccc12. The summed E-state index contributed by atoms with van der Waals surface area (Å²) in [7, 11) is 0. The van der Waals surface area contributed by atoms with Crippen LogP contribution in [0.5, 0.6) is 5.75 Å². The third-order valence-electron chi connectivity index (χ3n) is 5.82. The zero-order valence-corrected chi connectivity index (χ0v) is 23.2. The zero-order chi connectivity index (χ0) is 27.4. The van der Waals surface area contributed by atoms with Gasteiger partial charge >= 0.3 is 0 Å². The summed E-state index contributed by atoms with van der Waals surface area (Å²) < 4.78 is 5.81. The molecule has 0 spiro atoms. The Morgan fingerprint density at radius 3 is 2.31 bits per heavy atom. The van der Waals surface area contributed by atoms with Crippen molar-refractivity contribution >= 4 is 69.4 Å². The number of hydrazone groups is 1. The van der Waals surface area contributed by atoms with Crippen molar-refractivity contribution in [3.63, 3.8) is 0 Å². The first-order chi connectivity index (χ1) is 18.9. The number of nitrogens with zero attached hydrogens (tertiary/aromatic N) is 2. The number of benzene rings is 4. The number of aromatic nitrogens is 1. The lowest BCUT2D eigenvalue weighted by atomic mass is 10.0. The van der Waals surface area contributed by atoms with E-state index in [4.69, 9.17) is 56.1 Å². The lowest BCUT2D eigenvalue weighted by Crippen LogP contribution is -2.18. The van der Waals surface area contributed by atoms with E-state index in [2.05, 4.69) is 10.5 Å². The van der Waals surface area contributed by atoms with Gasteiger partial charge in [0, 0.05) is 26.6 Å². The van der Waals surface area contributed by atoms with Gasteiger partial charge in [-0.15, -0.1) is 0 Å². The lowest BCUT2D eigenvalue weighted by Gasteiger charge is -2.12. The normalized spacial score (nSPS) is 11.2. The molecule has 0 fully saturated rings. The molecule has 0 saturated carbocycles. The van der Waals surface area contributed by atoms with Gasteiger partial charge in [0.2, 0.25) is 0 Å². The number of hydrogen-bond donors (Lipinski definition) is 1. The van der Waals surface area contributed by atoms with E-state index in [9.17, 15) is 4.79 Å². The van der Waals surface area contributed by atoms with E-state index in [1.54, 1.807) is 36.4 Å². The average molecular weight is 595 g/mol. The van der Waals surface area contributed by atoms with Crippen LogP contribution >= 0.6 is 46.4 Å². The van der Waals surface area contributed by atoms with Crippen LogP contribution in [0.3, 0.4) is 0 Å². The number of hydrogen-bond acceptors (Lipinski definition) is 4. The van der Waals surface area contributed by atoms with Crippen LogP contribution in [0.1, 0.15) is 21.5 Å². The smallest absolute Gasteiger partial charge is 0.272 e. The van der Waals surface area contributed by atoms with Crippen molar-refractivity contribution in [3.05, 3.63) is 128 Å². The number of fused-ring (bicyclic) bond motifs is 1. The van der Waals surface area contributed by atoms with Crippen molar-refractivity contribution in [1.29, 1.82) is 0 Å². The fraction of sp³-hybridized carbons (Fsp3) is 0.0333. The molecule has 5 rings (SSSR count). The molecule has 0 atom stereocenters. The maximum Gasteiger partial charge on any atom is 0.272 e. The van der Waals surface area contributed by atoms with E-state index in [-0.39, 0.29) is 22.6 Å². The first kappa shape index (κ1) is 27.0. The summed E-state index contributed by atoms with van der Waals surface area (Å²) in [5.41, 5.74) is 6.67. The Morgan fingerprint density at radius 2 is 1.56 bits per heavy atom. The van der Waals surface area contributed by atoms with Gasteiger partial charge in [0.15, 0.2) is 5.75 Å². The Labute approximate surface area is 245 Å². The zero-order valence-electron chi connectivity index (χ0n) is 20.2. The molecule has 39 heavy (non-hydrogen) atoms. The van der Waals surface area contributed by atoms with Crippen LogP contribution in [-0.2, 0) is 6.61 Å². The van der Waals surface area contributed by atoms with Crippen LogP contribution in [0.4, 0.5) is 0 Å². The van der Waals surface area contributed by atoms with Crippen LogP contribution in [0.15, 0.2) is 96.1 Å². The highest BCUT2D eigenvalue weighted by atomic mass is 35.5. The van der Waals surface area contributed by atoms with Crippen LogP contribution in [0.2, 0.25) is 20.1 Å². The van der Waals surface area contributed by atoms with Crippen LogP contribution in [0, 0.1) is 0 Å². The van der Waals surface area contributed by atoms with E-state index in [1.165, 1.54) is 6.21 Å². The maximum atomic E-state index is 13.1. The molecule has 1 aromatic heterocycles. The van der Waals surface area contributed by atoms with Crippen molar-refractivity contribution < 1.29 is 9.53 Å². The van der Waals surface area contributed by atoms with Crippen molar-refractivity contribution in [2.45, 2.75) is 6.61 Å². The van der Waals surface area contributed by atoms with Gasteiger partial charge in [-0.3, -0.25) is 4.79 Å². The third-order valence-corrected chi connectivity index (χ3v) is 6.97. The van der Waals surface area contributed by atoms with Gasteiger partial charge in [-0.25, -0.2) is 10.4 Å². The maximum absolute atomic E-state index is 13.1. The van der Waals surface area contributed by atoms with Gasteiger partial charge < -0.3 is 4.74 Å². The standard InChI is InChI=1S/C30H19Cl4N3O2/c31-21-11-10-20(24(32)14-21)17-39-29-25(33)12-18(13-26(29)34)16-35-37-30(38)23-15-28(19-6-2-1-3-7-19)36-27-9-5-4-8-22(23)27/h1-16H,17H2,(H,37,38)/b35-16+. The molecule has 0 saturated heterocycles. The monoisotopic (exact) mass is 593 g/mol. The molecule has 1 amide bonds. The van der Waals surface area contributed by atoms with Crippen molar-refractivity contribution in [2.24, 2.45) is 5.10 Å². The van der Waals surface area contributed by atoms with E-state index in [1.807, 2.05) is 54.6 Å². The molecule has 4 aromatic carbocycles. The number of halogens is 4. The second kappa shape index (κ2) is 12.1. The number of carbonyl (C=O) groups is 1. The summed E-state index contributed by atoms with van der Waals surface area (Å²) in [6, 6.07) is 27.3. The molecule has 1 heterocycles. The highest BCUT2D eigenvalue weighted by Crippen LogP contribution is 2.35. The molecule has 9 heteroatoms. The van der Waals surface area contributed by atoms with Crippen molar-refractivity contribution in [1.82, 2.24) is 10.4 Å².